The number of carbonyl (C=O) groups is 1. The first-order valence-corrected chi connectivity index (χ1v) is 14.0. The van der Waals surface area contributed by atoms with E-state index in [0.717, 1.165) is 33.4 Å². The van der Waals surface area contributed by atoms with E-state index in [-0.39, 0.29) is 38.9 Å². The Morgan fingerprint density at radius 1 is 0.610 bits per heavy atom. The van der Waals surface area contributed by atoms with Crippen LogP contribution < -0.4 is 0 Å². The smallest absolute Gasteiger partial charge is 0.335 e. The highest BCUT2D eigenvalue weighted by Crippen LogP contribution is 2.27. The van der Waals surface area contributed by atoms with Crippen molar-refractivity contribution >= 4 is 6.03 Å². The molecule has 0 aliphatic carbocycles. The molecular formula is C34H37N3O4. The van der Waals surface area contributed by atoms with Crippen molar-refractivity contribution in [1.82, 2.24) is 14.9 Å². The van der Waals surface area contributed by atoms with E-state index in [9.17, 15) is 20.1 Å². The van der Waals surface area contributed by atoms with Crippen LogP contribution in [0.4, 0.5) is 4.79 Å². The molecule has 41 heavy (non-hydrogen) atoms. The van der Waals surface area contributed by atoms with Crippen LogP contribution in [0.25, 0.3) is 0 Å². The molecule has 4 aromatic carbocycles. The third-order valence-corrected chi connectivity index (χ3v) is 7.78. The molecule has 0 saturated carbocycles. The van der Waals surface area contributed by atoms with Crippen molar-refractivity contribution in [2.24, 2.45) is 0 Å². The number of urea groups is 1. The molecule has 1 fully saturated rings. The minimum absolute atomic E-state index is 0.135. The topological polar surface area (TPSA) is 87.5 Å². The van der Waals surface area contributed by atoms with Crippen molar-refractivity contribution in [2.45, 2.75) is 51.4 Å². The molecule has 212 valence electrons. The zero-order valence-corrected chi connectivity index (χ0v) is 23.1. The van der Waals surface area contributed by atoms with E-state index in [2.05, 4.69) is 0 Å². The number of hydrogen-bond donors (Lipinski definition) is 3. The number of amides is 2. The second-order valence-corrected chi connectivity index (χ2v) is 10.5. The van der Waals surface area contributed by atoms with Gasteiger partial charge < -0.3 is 20.2 Å². The van der Waals surface area contributed by atoms with E-state index < -0.39 is 12.1 Å². The summed E-state index contributed by atoms with van der Waals surface area (Å²) in [5, 5.41) is 35.5. The Kier molecular flexibility index (Phi) is 9.44. The van der Waals surface area contributed by atoms with Gasteiger partial charge in [-0.1, -0.05) is 109 Å². The normalized spacial score (nSPS) is 18.0. The summed E-state index contributed by atoms with van der Waals surface area (Å²) in [6.45, 7) is 0.885. The van der Waals surface area contributed by atoms with Crippen molar-refractivity contribution in [3.8, 4) is 0 Å². The number of carbonyl (C=O) groups excluding carboxylic acids is 1. The fourth-order valence-electron chi connectivity index (χ4n) is 5.53. The van der Waals surface area contributed by atoms with Crippen LogP contribution >= 0.6 is 0 Å². The number of β-amino-alcohol motifs (C(OH)–C–C–N with tert-alkyl or cyclic N) is 1. The maximum absolute atomic E-state index is 14.7. The maximum Gasteiger partial charge on any atom is 0.335 e. The summed E-state index contributed by atoms with van der Waals surface area (Å²) in [5.41, 5.74) is 5.22. The lowest BCUT2D eigenvalue weighted by atomic mass is 9.98. The van der Waals surface area contributed by atoms with E-state index in [1.807, 2.05) is 114 Å². The summed E-state index contributed by atoms with van der Waals surface area (Å²) < 4.78 is 0. The van der Waals surface area contributed by atoms with Gasteiger partial charge in [0.15, 0.2) is 0 Å². The fourth-order valence-corrected chi connectivity index (χ4v) is 5.53. The van der Waals surface area contributed by atoms with E-state index in [1.165, 1.54) is 0 Å². The van der Waals surface area contributed by atoms with E-state index in [0.29, 0.717) is 13.0 Å². The van der Waals surface area contributed by atoms with Crippen LogP contribution in [0.1, 0.15) is 33.4 Å². The molecule has 3 N–H and O–H groups in total. The van der Waals surface area contributed by atoms with Crippen LogP contribution in [-0.2, 0) is 39.3 Å². The van der Waals surface area contributed by atoms with Gasteiger partial charge in [0, 0.05) is 19.6 Å². The highest BCUT2D eigenvalue weighted by atomic mass is 16.3. The minimum atomic E-state index is -0.845. The van der Waals surface area contributed by atoms with Gasteiger partial charge >= 0.3 is 6.03 Å². The van der Waals surface area contributed by atoms with Crippen molar-refractivity contribution in [2.75, 3.05) is 6.54 Å². The van der Waals surface area contributed by atoms with Crippen LogP contribution in [0.2, 0.25) is 0 Å². The summed E-state index contributed by atoms with van der Waals surface area (Å²) in [7, 11) is 0. The lowest BCUT2D eigenvalue weighted by Gasteiger charge is -2.37. The lowest BCUT2D eigenvalue weighted by Crippen LogP contribution is -2.51. The number of rotatable bonds is 10. The number of aliphatic hydroxyl groups is 3. The van der Waals surface area contributed by atoms with Crippen molar-refractivity contribution in [3.63, 3.8) is 0 Å². The molecular weight excluding hydrogens is 514 g/mol. The zero-order chi connectivity index (χ0) is 28.6. The van der Waals surface area contributed by atoms with Gasteiger partial charge in [0.1, 0.15) is 0 Å². The third kappa shape index (κ3) is 6.84. The standard InChI is InChI=1S/C34H37N3O4/c38-24-30-17-9-7-15-28(30)21-36-32(19-26-11-3-1-4-12-26)33(40)23-35(20-27-13-5-2-6-14-27)37(34(36)41)22-29-16-8-10-18-31(29)25-39/h1-18,32-33,38-40H,19-25H2/t32-,33-/m1/s1. The molecule has 0 aromatic heterocycles. The second kappa shape index (κ2) is 13.6. The van der Waals surface area contributed by atoms with Crippen molar-refractivity contribution in [1.29, 1.82) is 0 Å². The van der Waals surface area contributed by atoms with Crippen molar-refractivity contribution < 1.29 is 20.1 Å². The first-order chi connectivity index (χ1) is 20.1. The SMILES string of the molecule is O=C1N(Cc2ccccc2CO)[C@H](Cc2ccccc2)[C@H](O)CN(Cc2ccccc2)N1Cc1ccccc1CO. The number of hydrogen-bond acceptors (Lipinski definition) is 5. The van der Waals surface area contributed by atoms with Gasteiger partial charge in [0.25, 0.3) is 0 Å². The predicted octanol–water partition coefficient (Wildman–Crippen LogP) is 4.50. The molecule has 2 amide bonds. The van der Waals surface area contributed by atoms with Crippen LogP contribution in [0.5, 0.6) is 0 Å². The molecule has 4 aromatic rings. The predicted molar refractivity (Wildman–Crippen MR) is 158 cm³/mol. The van der Waals surface area contributed by atoms with Gasteiger partial charge in [0.05, 0.1) is 31.9 Å². The molecule has 0 bridgehead atoms. The quantitative estimate of drug-likeness (QED) is 0.270. The van der Waals surface area contributed by atoms with E-state index >= 15 is 0 Å². The number of aliphatic hydroxyl groups excluding tert-OH is 3. The van der Waals surface area contributed by atoms with Gasteiger partial charge in [-0.2, -0.15) is 0 Å². The number of nitrogens with zero attached hydrogens (tertiary/aromatic N) is 3. The Morgan fingerprint density at radius 3 is 1.66 bits per heavy atom. The molecule has 0 spiro atoms. The minimum Gasteiger partial charge on any atom is -0.392 e. The lowest BCUT2D eigenvalue weighted by molar-refractivity contribution is -0.0216. The third-order valence-electron chi connectivity index (χ3n) is 7.78. The average molecular weight is 552 g/mol. The zero-order valence-electron chi connectivity index (χ0n) is 23.1. The maximum atomic E-state index is 14.7. The molecule has 7 nitrogen and oxygen atoms in total. The first-order valence-electron chi connectivity index (χ1n) is 14.0. The molecule has 1 saturated heterocycles. The molecule has 1 aliphatic heterocycles. The Morgan fingerprint density at radius 2 is 1.10 bits per heavy atom. The summed E-state index contributed by atoms with van der Waals surface area (Å²) in [6, 6.07) is 34.2. The van der Waals surface area contributed by atoms with Crippen LogP contribution in [-0.4, -0.2) is 55.0 Å². The summed E-state index contributed by atoms with van der Waals surface area (Å²) in [6.07, 6.45) is -0.364. The molecule has 1 aliphatic rings. The second-order valence-electron chi connectivity index (χ2n) is 10.5. The van der Waals surface area contributed by atoms with Crippen LogP contribution in [0.15, 0.2) is 109 Å². The fraction of sp³-hybridized carbons (Fsp3) is 0.265. The molecule has 5 rings (SSSR count). The van der Waals surface area contributed by atoms with E-state index in [1.54, 1.807) is 9.91 Å². The molecule has 1 heterocycles. The highest BCUT2D eigenvalue weighted by molar-refractivity contribution is 5.75. The number of hydrazine groups is 1. The van der Waals surface area contributed by atoms with Gasteiger partial charge in [-0.05, 0) is 39.8 Å². The van der Waals surface area contributed by atoms with E-state index in [4.69, 9.17) is 0 Å². The Hall–Kier alpha value is -4.01. The first kappa shape index (κ1) is 28.5. The van der Waals surface area contributed by atoms with Gasteiger partial charge in [-0.25, -0.2) is 9.80 Å². The van der Waals surface area contributed by atoms with Crippen LogP contribution in [0.3, 0.4) is 0 Å². The summed E-state index contributed by atoms with van der Waals surface area (Å²) in [5.74, 6) is 0. The molecule has 7 heteroatoms. The molecule has 0 radical (unpaired) electrons. The Bertz CT molecular complexity index is 1420. The summed E-state index contributed by atoms with van der Waals surface area (Å²) in [4.78, 5) is 16.4. The highest BCUT2D eigenvalue weighted by Gasteiger charge is 2.40. The molecule has 0 unspecified atom stereocenters. The summed E-state index contributed by atoms with van der Waals surface area (Å²) >= 11 is 0. The van der Waals surface area contributed by atoms with Gasteiger partial charge in [-0.3, -0.25) is 5.01 Å². The molecule has 2 atom stereocenters. The number of benzene rings is 4. The average Bonchev–Trinajstić information content (AvgIpc) is 3.09. The largest absolute Gasteiger partial charge is 0.392 e. The van der Waals surface area contributed by atoms with Gasteiger partial charge in [0.2, 0.25) is 0 Å². The van der Waals surface area contributed by atoms with Crippen LogP contribution in [0, 0.1) is 0 Å². The van der Waals surface area contributed by atoms with Gasteiger partial charge in [-0.15, -0.1) is 0 Å². The Labute approximate surface area is 241 Å². The Balaban J connectivity index is 1.58. The van der Waals surface area contributed by atoms with Crippen molar-refractivity contribution in [3.05, 3.63) is 143 Å². The monoisotopic (exact) mass is 551 g/mol.